The molecule has 0 saturated heterocycles. The summed E-state index contributed by atoms with van der Waals surface area (Å²) >= 11 is 0. The molecule has 1 N–H and O–H groups in total. The summed E-state index contributed by atoms with van der Waals surface area (Å²) in [5.41, 5.74) is 2.68. The molecular formula is C18H21N5O2. The van der Waals surface area contributed by atoms with Crippen LogP contribution in [0, 0.1) is 13.8 Å². The lowest BCUT2D eigenvalue weighted by molar-refractivity contribution is -0.121. The van der Waals surface area contributed by atoms with Crippen molar-refractivity contribution >= 4 is 5.91 Å². The van der Waals surface area contributed by atoms with E-state index in [4.69, 9.17) is 4.52 Å². The molecular weight excluding hydrogens is 318 g/mol. The van der Waals surface area contributed by atoms with Gasteiger partial charge in [0.05, 0.1) is 5.69 Å². The fourth-order valence-electron chi connectivity index (χ4n) is 2.72. The topological polar surface area (TPSA) is 85.8 Å². The Balaban J connectivity index is 1.49. The van der Waals surface area contributed by atoms with Gasteiger partial charge in [-0.1, -0.05) is 11.2 Å². The Kier molecular flexibility index (Phi) is 5.23. The molecule has 0 atom stereocenters. The van der Waals surface area contributed by atoms with Crippen LogP contribution in [0.4, 0.5) is 0 Å². The van der Waals surface area contributed by atoms with Crippen LogP contribution in [0.5, 0.6) is 0 Å². The van der Waals surface area contributed by atoms with Crippen LogP contribution < -0.4 is 5.32 Å². The predicted molar refractivity (Wildman–Crippen MR) is 92.8 cm³/mol. The molecule has 7 heteroatoms. The standard InChI is InChI=1S/C18H21N5O2/c1-13-15(14(2)25-22-13)6-7-17(24)20-9-11-23-12-10-21-18(23)16-5-3-4-8-19-16/h3-5,8,10,12H,6-7,9,11H2,1-2H3,(H,20,24). The first-order valence-corrected chi connectivity index (χ1v) is 8.26. The van der Waals surface area contributed by atoms with Crippen molar-refractivity contribution in [2.24, 2.45) is 0 Å². The van der Waals surface area contributed by atoms with Gasteiger partial charge < -0.3 is 14.4 Å². The van der Waals surface area contributed by atoms with Crippen LogP contribution in [0.15, 0.2) is 41.3 Å². The van der Waals surface area contributed by atoms with Crippen molar-refractivity contribution in [1.29, 1.82) is 0 Å². The monoisotopic (exact) mass is 339 g/mol. The molecule has 130 valence electrons. The summed E-state index contributed by atoms with van der Waals surface area (Å²) in [6.45, 7) is 4.94. The van der Waals surface area contributed by atoms with Crippen molar-refractivity contribution in [3.05, 3.63) is 53.8 Å². The lowest BCUT2D eigenvalue weighted by atomic mass is 10.1. The van der Waals surface area contributed by atoms with E-state index < -0.39 is 0 Å². The quantitative estimate of drug-likeness (QED) is 0.714. The Morgan fingerprint density at radius 1 is 1.24 bits per heavy atom. The molecule has 0 spiro atoms. The summed E-state index contributed by atoms with van der Waals surface area (Å²) < 4.78 is 7.10. The zero-order chi connectivity index (χ0) is 17.6. The van der Waals surface area contributed by atoms with Gasteiger partial charge in [0.2, 0.25) is 5.91 Å². The fraction of sp³-hybridized carbons (Fsp3) is 0.333. The van der Waals surface area contributed by atoms with Crippen molar-refractivity contribution in [1.82, 2.24) is 25.0 Å². The van der Waals surface area contributed by atoms with Gasteiger partial charge in [-0.15, -0.1) is 0 Å². The van der Waals surface area contributed by atoms with Gasteiger partial charge in [0.15, 0.2) is 5.82 Å². The molecule has 1 amide bonds. The molecule has 0 saturated carbocycles. The highest BCUT2D eigenvalue weighted by atomic mass is 16.5. The number of amides is 1. The molecule has 3 aromatic heterocycles. The SMILES string of the molecule is Cc1noc(C)c1CCC(=O)NCCn1ccnc1-c1ccccn1. The van der Waals surface area contributed by atoms with Crippen molar-refractivity contribution < 1.29 is 9.32 Å². The number of nitrogens with zero attached hydrogens (tertiary/aromatic N) is 4. The van der Waals surface area contributed by atoms with Gasteiger partial charge in [0, 0.05) is 43.7 Å². The Bertz CT molecular complexity index is 819. The maximum Gasteiger partial charge on any atom is 0.220 e. The van der Waals surface area contributed by atoms with E-state index in [-0.39, 0.29) is 5.91 Å². The molecule has 3 rings (SSSR count). The molecule has 0 bridgehead atoms. The summed E-state index contributed by atoms with van der Waals surface area (Å²) in [5.74, 6) is 1.59. The molecule has 0 aromatic carbocycles. The largest absolute Gasteiger partial charge is 0.361 e. The average molecular weight is 339 g/mol. The highest BCUT2D eigenvalue weighted by Crippen LogP contribution is 2.15. The van der Waals surface area contributed by atoms with Crippen molar-refractivity contribution in [2.45, 2.75) is 33.2 Å². The van der Waals surface area contributed by atoms with Crippen molar-refractivity contribution in [3.63, 3.8) is 0 Å². The molecule has 0 aliphatic heterocycles. The zero-order valence-corrected chi connectivity index (χ0v) is 14.4. The Labute approximate surface area is 146 Å². The maximum atomic E-state index is 12.0. The van der Waals surface area contributed by atoms with Crippen molar-refractivity contribution in [2.75, 3.05) is 6.54 Å². The van der Waals surface area contributed by atoms with Crippen LogP contribution in [0.3, 0.4) is 0 Å². The third-order valence-corrected chi connectivity index (χ3v) is 4.07. The Morgan fingerprint density at radius 2 is 2.12 bits per heavy atom. The molecule has 3 aromatic rings. The molecule has 3 heterocycles. The maximum absolute atomic E-state index is 12.0. The molecule has 7 nitrogen and oxygen atoms in total. The van der Waals surface area contributed by atoms with Gasteiger partial charge in [0.1, 0.15) is 11.5 Å². The van der Waals surface area contributed by atoms with Gasteiger partial charge in [-0.05, 0) is 32.4 Å². The van der Waals surface area contributed by atoms with E-state index >= 15 is 0 Å². The van der Waals surface area contributed by atoms with Gasteiger partial charge in [-0.2, -0.15) is 0 Å². The fourth-order valence-corrected chi connectivity index (χ4v) is 2.72. The minimum atomic E-state index is 0.0134. The van der Waals surface area contributed by atoms with Gasteiger partial charge in [0.25, 0.3) is 0 Å². The first-order chi connectivity index (χ1) is 12.1. The minimum Gasteiger partial charge on any atom is -0.361 e. The van der Waals surface area contributed by atoms with Crippen molar-refractivity contribution in [3.8, 4) is 11.5 Å². The lowest BCUT2D eigenvalue weighted by Gasteiger charge is -2.09. The predicted octanol–water partition coefficient (Wildman–Crippen LogP) is 2.30. The summed E-state index contributed by atoms with van der Waals surface area (Å²) in [5, 5.41) is 6.85. The highest BCUT2D eigenvalue weighted by Gasteiger charge is 2.11. The second-order valence-electron chi connectivity index (χ2n) is 5.81. The second kappa shape index (κ2) is 7.74. The van der Waals surface area contributed by atoms with E-state index in [2.05, 4.69) is 20.4 Å². The number of aromatic nitrogens is 4. The smallest absolute Gasteiger partial charge is 0.220 e. The molecule has 0 unspecified atom stereocenters. The summed E-state index contributed by atoms with van der Waals surface area (Å²) in [7, 11) is 0. The van der Waals surface area contributed by atoms with Gasteiger partial charge >= 0.3 is 0 Å². The van der Waals surface area contributed by atoms with Crippen LogP contribution in [0.2, 0.25) is 0 Å². The van der Waals surface area contributed by atoms with E-state index in [1.807, 2.05) is 42.8 Å². The number of carbonyl (C=O) groups excluding carboxylic acids is 1. The molecule has 0 radical (unpaired) electrons. The molecule has 0 aliphatic carbocycles. The molecule has 25 heavy (non-hydrogen) atoms. The van der Waals surface area contributed by atoms with Crippen LogP contribution >= 0.6 is 0 Å². The first-order valence-electron chi connectivity index (χ1n) is 8.26. The third-order valence-electron chi connectivity index (χ3n) is 4.07. The van der Waals surface area contributed by atoms with Crippen LogP contribution in [0.1, 0.15) is 23.4 Å². The summed E-state index contributed by atoms with van der Waals surface area (Å²) in [6, 6.07) is 5.72. The Morgan fingerprint density at radius 3 is 2.84 bits per heavy atom. The average Bonchev–Trinajstić information content (AvgIpc) is 3.21. The number of pyridine rings is 1. The van der Waals surface area contributed by atoms with E-state index in [0.717, 1.165) is 28.5 Å². The van der Waals surface area contributed by atoms with Gasteiger partial charge in [-0.25, -0.2) is 4.98 Å². The number of carbonyl (C=O) groups is 1. The number of aryl methyl sites for hydroxylation is 2. The van der Waals surface area contributed by atoms with E-state index in [9.17, 15) is 4.79 Å². The Hall–Kier alpha value is -2.96. The molecule has 0 fully saturated rings. The number of imidazole rings is 1. The van der Waals surface area contributed by atoms with E-state index in [0.29, 0.717) is 25.9 Å². The number of hydrogen-bond acceptors (Lipinski definition) is 5. The summed E-state index contributed by atoms with van der Waals surface area (Å²) in [6.07, 6.45) is 6.42. The number of rotatable bonds is 7. The van der Waals surface area contributed by atoms with E-state index in [1.54, 1.807) is 12.4 Å². The molecule has 0 aliphatic rings. The first kappa shape index (κ1) is 16.9. The highest BCUT2D eigenvalue weighted by molar-refractivity contribution is 5.76. The van der Waals surface area contributed by atoms with Crippen LogP contribution in [-0.4, -0.2) is 32.1 Å². The number of nitrogens with one attached hydrogen (secondary N) is 1. The third kappa shape index (κ3) is 4.12. The number of hydrogen-bond donors (Lipinski definition) is 1. The zero-order valence-electron chi connectivity index (χ0n) is 14.4. The van der Waals surface area contributed by atoms with E-state index in [1.165, 1.54) is 0 Å². The minimum absolute atomic E-state index is 0.0134. The van der Waals surface area contributed by atoms with Crippen LogP contribution in [-0.2, 0) is 17.8 Å². The van der Waals surface area contributed by atoms with Crippen LogP contribution in [0.25, 0.3) is 11.5 Å². The second-order valence-corrected chi connectivity index (χ2v) is 5.81. The normalized spacial score (nSPS) is 10.8. The lowest BCUT2D eigenvalue weighted by Crippen LogP contribution is -2.27. The van der Waals surface area contributed by atoms with Gasteiger partial charge in [-0.3, -0.25) is 9.78 Å². The summed E-state index contributed by atoms with van der Waals surface area (Å²) in [4.78, 5) is 20.7.